The van der Waals surface area contributed by atoms with E-state index in [-0.39, 0.29) is 16.9 Å². The maximum absolute atomic E-state index is 13.6. The van der Waals surface area contributed by atoms with Gasteiger partial charge in [0.05, 0.1) is 18.4 Å². The van der Waals surface area contributed by atoms with E-state index >= 15 is 0 Å². The highest BCUT2D eigenvalue weighted by Crippen LogP contribution is 2.39. The number of sulfonamides is 1. The summed E-state index contributed by atoms with van der Waals surface area (Å²) in [6, 6.07) is 9.27. The molecule has 0 radical (unpaired) electrons. The second-order valence-electron chi connectivity index (χ2n) is 9.09. The third-order valence-corrected chi connectivity index (χ3v) is 9.00. The number of thiazole rings is 1. The van der Waals surface area contributed by atoms with E-state index < -0.39 is 16.0 Å². The Morgan fingerprint density at radius 3 is 2.54 bits per heavy atom. The lowest BCUT2D eigenvalue weighted by molar-refractivity contribution is 0.0600. The molecule has 0 atom stereocenters. The molecule has 7 nitrogen and oxygen atoms in total. The number of fused-ring (bicyclic) bond motifs is 1. The van der Waals surface area contributed by atoms with Gasteiger partial charge in [0.15, 0.2) is 0 Å². The van der Waals surface area contributed by atoms with E-state index in [0.717, 1.165) is 47.3 Å². The summed E-state index contributed by atoms with van der Waals surface area (Å²) >= 11 is 1.11. The monoisotopic (exact) mass is 514 g/mol. The summed E-state index contributed by atoms with van der Waals surface area (Å²) in [7, 11) is -2.49. The summed E-state index contributed by atoms with van der Waals surface area (Å²) in [6.07, 6.45) is 4.41. The van der Waals surface area contributed by atoms with Crippen LogP contribution < -0.4 is 9.04 Å². The normalized spacial score (nSPS) is 13.1. The maximum atomic E-state index is 13.6. The third-order valence-electron chi connectivity index (χ3n) is 6.04. The number of aryl methyl sites for hydroxylation is 3. The van der Waals surface area contributed by atoms with Crippen LogP contribution in [0.1, 0.15) is 52.9 Å². The van der Waals surface area contributed by atoms with E-state index in [4.69, 9.17) is 9.47 Å². The van der Waals surface area contributed by atoms with E-state index in [1.165, 1.54) is 23.2 Å². The smallest absolute Gasteiger partial charge is 0.337 e. The van der Waals surface area contributed by atoms with Crippen molar-refractivity contribution >= 4 is 33.0 Å². The van der Waals surface area contributed by atoms with Crippen molar-refractivity contribution < 1.29 is 22.7 Å². The topological polar surface area (TPSA) is 85.8 Å². The second-order valence-corrected chi connectivity index (χ2v) is 12.0. The Hall–Kier alpha value is -2.91. The summed E-state index contributed by atoms with van der Waals surface area (Å²) in [5, 5.41) is 1.67. The summed E-state index contributed by atoms with van der Waals surface area (Å²) in [6.45, 7) is 6.44. The highest BCUT2D eigenvalue weighted by molar-refractivity contribution is 7.94. The Labute approximate surface area is 210 Å². The van der Waals surface area contributed by atoms with Crippen molar-refractivity contribution in [1.29, 1.82) is 0 Å². The fraction of sp³-hybridized carbons (Fsp3) is 0.385. The average molecular weight is 515 g/mol. The van der Waals surface area contributed by atoms with Gasteiger partial charge in [0, 0.05) is 18.1 Å². The highest BCUT2D eigenvalue weighted by Gasteiger charge is 2.31. The Morgan fingerprint density at radius 1 is 1.17 bits per heavy atom. The SMILES string of the molecule is COC(=O)c1ccc(COc2cc3c(cc2N(CC(C)C)S(=O)(=O)c2nccs2)CCC3)c(C)c1. The van der Waals surface area contributed by atoms with E-state index in [1.807, 2.05) is 39.0 Å². The van der Waals surface area contributed by atoms with Crippen LogP contribution in [0.5, 0.6) is 5.75 Å². The molecule has 0 saturated carbocycles. The molecule has 0 amide bonds. The van der Waals surface area contributed by atoms with Crippen molar-refractivity contribution in [2.24, 2.45) is 5.92 Å². The van der Waals surface area contributed by atoms with Crippen LogP contribution in [-0.4, -0.2) is 33.0 Å². The molecule has 0 aliphatic heterocycles. The number of rotatable bonds is 9. The standard InChI is InChI=1S/C26H30N2O5S2/c1-17(2)15-28(35(30,31)26-27-10-11-34-26)23-13-19-6-5-7-20(19)14-24(23)33-16-22-9-8-21(12-18(22)3)25(29)32-4/h8-14,17H,5-7,15-16H2,1-4H3. The number of ether oxygens (including phenoxy) is 2. The number of benzene rings is 2. The highest BCUT2D eigenvalue weighted by atomic mass is 32.2. The fourth-order valence-electron chi connectivity index (χ4n) is 4.25. The van der Waals surface area contributed by atoms with Gasteiger partial charge in [-0.25, -0.2) is 9.78 Å². The zero-order chi connectivity index (χ0) is 25.2. The molecule has 4 rings (SSSR count). The van der Waals surface area contributed by atoms with Gasteiger partial charge in [-0.15, -0.1) is 11.3 Å². The molecule has 0 N–H and O–H groups in total. The van der Waals surface area contributed by atoms with E-state index in [1.54, 1.807) is 17.5 Å². The van der Waals surface area contributed by atoms with E-state index in [9.17, 15) is 13.2 Å². The lowest BCUT2D eigenvalue weighted by atomic mass is 10.1. The Kier molecular flexibility index (Phi) is 7.47. The van der Waals surface area contributed by atoms with Gasteiger partial charge in [-0.2, -0.15) is 8.42 Å². The Bertz CT molecular complexity index is 1320. The molecule has 0 fully saturated rings. The molecule has 0 unspecified atom stereocenters. The first-order chi connectivity index (χ1) is 16.7. The number of methoxy groups -OCH3 is 1. The number of carbonyl (C=O) groups excluding carboxylic acids is 1. The first-order valence-corrected chi connectivity index (χ1v) is 13.9. The van der Waals surface area contributed by atoms with E-state index in [0.29, 0.717) is 23.5 Å². The fourth-order valence-corrected chi connectivity index (χ4v) is 6.81. The zero-order valence-corrected chi connectivity index (χ0v) is 22.0. The minimum atomic E-state index is -3.85. The van der Waals surface area contributed by atoms with Gasteiger partial charge in [0.2, 0.25) is 4.34 Å². The molecule has 1 heterocycles. The maximum Gasteiger partial charge on any atom is 0.337 e. The molecule has 0 bridgehead atoms. The van der Waals surface area contributed by atoms with Gasteiger partial charge in [-0.3, -0.25) is 4.31 Å². The van der Waals surface area contributed by atoms with Crippen LogP contribution >= 0.6 is 11.3 Å². The number of hydrogen-bond acceptors (Lipinski definition) is 7. The van der Waals surface area contributed by atoms with Crippen molar-refractivity contribution in [3.63, 3.8) is 0 Å². The first-order valence-electron chi connectivity index (χ1n) is 11.6. The molecule has 0 spiro atoms. The Morgan fingerprint density at radius 2 is 1.91 bits per heavy atom. The lowest BCUT2D eigenvalue weighted by Gasteiger charge is -2.28. The molecule has 3 aromatic rings. The largest absolute Gasteiger partial charge is 0.487 e. The number of hydrogen-bond donors (Lipinski definition) is 0. The van der Waals surface area contributed by atoms with Crippen molar-refractivity contribution in [3.8, 4) is 5.75 Å². The van der Waals surface area contributed by atoms with Crippen molar-refractivity contribution in [1.82, 2.24) is 4.98 Å². The second kappa shape index (κ2) is 10.4. The van der Waals surface area contributed by atoms with Crippen LogP contribution in [0.3, 0.4) is 0 Å². The van der Waals surface area contributed by atoms with Crippen LogP contribution in [0.15, 0.2) is 46.2 Å². The van der Waals surface area contributed by atoms with Gasteiger partial charge in [0.1, 0.15) is 12.4 Å². The van der Waals surface area contributed by atoms with Crippen LogP contribution in [-0.2, 0) is 34.2 Å². The van der Waals surface area contributed by atoms with Gasteiger partial charge in [-0.1, -0.05) is 19.9 Å². The number of esters is 1. The molecule has 2 aromatic carbocycles. The van der Waals surface area contributed by atoms with E-state index in [2.05, 4.69) is 4.98 Å². The quantitative estimate of drug-likeness (QED) is 0.367. The van der Waals surface area contributed by atoms with Crippen molar-refractivity contribution in [2.75, 3.05) is 18.0 Å². The molecule has 9 heteroatoms. The predicted molar refractivity (Wildman–Crippen MR) is 137 cm³/mol. The summed E-state index contributed by atoms with van der Waals surface area (Å²) in [5.74, 6) is 0.236. The van der Waals surface area contributed by atoms with Gasteiger partial charge < -0.3 is 9.47 Å². The molecule has 1 aliphatic rings. The van der Waals surface area contributed by atoms with Crippen molar-refractivity contribution in [2.45, 2.75) is 51.0 Å². The minimum Gasteiger partial charge on any atom is -0.487 e. The average Bonchev–Trinajstić information content (AvgIpc) is 3.52. The first kappa shape index (κ1) is 25.2. The molecule has 1 aliphatic carbocycles. The molecule has 186 valence electrons. The molecular formula is C26H30N2O5S2. The summed E-state index contributed by atoms with van der Waals surface area (Å²) in [4.78, 5) is 15.9. The van der Waals surface area contributed by atoms with Gasteiger partial charge in [-0.05, 0) is 78.6 Å². The van der Waals surface area contributed by atoms with Crippen molar-refractivity contribution in [3.05, 3.63) is 69.7 Å². The van der Waals surface area contributed by atoms with Gasteiger partial charge in [0.25, 0.3) is 10.0 Å². The molecular weight excluding hydrogens is 484 g/mol. The molecule has 1 aromatic heterocycles. The lowest BCUT2D eigenvalue weighted by Crippen LogP contribution is -2.34. The third kappa shape index (κ3) is 5.36. The molecule has 35 heavy (non-hydrogen) atoms. The van der Waals surface area contributed by atoms with Crippen LogP contribution in [0.25, 0.3) is 0 Å². The molecule has 0 saturated heterocycles. The summed E-state index contributed by atoms with van der Waals surface area (Å²) in [5.41, 5.74) is 5.17. The number of carbonyl (C=O) groups is 1. The number of anilines is 1. The van der Waals surface area contributed by atoms with Crippen LogP contribution in [0.4, 0.5) is 5.69 Å². The summed E-state index contributed by atoms with van der Waals surface area (Å²) < 4.78 is 39.8. The minimum absolute atomic E-state index is 0.0684. The van der Waals surface area contributed by atoms with Gasteiger partial charge >= 0.3 is 5.97 Å². The predicted octanol–water partition coefficient (Wildman–Crippen LogP) is 5.16. The van der Waals surface area contributed by atoms with Crippen LogP contribution in [0.2, 0.25) is 0 Å². The zero-order valence-electron chi connectivity index (χ0n) is 20.4. The number of nitrogens with zero attached hydrogens (tertiary/aromatic N) is 2. The van der Waals surface area contributed by atoms with Crippen LogP contribution in [0, 0.1) is 12.8 Å². The Balaban J connectivity index is 1.72. The number of aromatic nitrogens is 1.